The summed E-state index contributed by atoms with van der Waals surface area (Å²) in [5.41, 5.74) is 3.86. The Morgan fingerprint density at radius 3 is 2.40 bits per heavy atom. The summed E-state index contributed by atoms with van der Waals surface area (Å²) in [6.07, 6.45) is 0. The summed E-state index contributed by atoms with van der Waals surface area (Å²) in [5, 5.41) is 0.818. The molecule has 1 heterocycles. The first-order valence-electron chi connectivity index (χ1n) is 8.51. The van der Waals surface area contributed by atoms with Crippen LogP contribution >= 0.6 is 11.8 Å². The summed E-state index contributed by atoms with van der Waals surface area (Å²) in [6.45, 7) is 8.85. The molecule has 0 unspecified atom stereocenters. The number of thioether (sulfide) groups is 1. The molecule has 0 aromatic heterocycles. The number of aryl methyl sites for hydroxylation is 2. The molecule has 0 atom stereocenters. The Hall–Kier alpha value is -2.07. The van der Waals surface area contributed by atoms with Crippen LogP contribution in [-0.4, -0.2) is 27.3 Å². The lowest BCUT2D eigenvalue weighted by molar-refractivity contribution is 0.0766. The van der Waals surface area contributed by atoms with Gasteiger partial charge in [0.25, 0.3) is 5.91 Å². The molecule has 0 radical (unpaired) electrons. The van der Waals surface area contributed by atoms with Gasteiger partial charge in [-0.25, -0.2) is 0 Å². The standard InChI is InChI=1S/C21H24N2OS/c1-15-10-16(2)12-18(11-15)19(24)23-20(25-14-21(23,3)4)22-13-17-8-6-5-7-9-17/h5-12H,13-14H2,1-4H3. The van der Waals surface area contributed by atoms with Crippen molar-refractivity contribution < 1.29 is 4.79 Å². The topological polar surface area (TPSA) is 32.7 Å². The Morgan fingerprint density at radius 2 is 1.76 bits per heavy atom. The molecular formula is C21H24N2OS. The molecule has 2 aromatic carbocycles. The van der Waals surface area contributed by atoms with Crippen LogP contribution in [0.5, 0.6) is 0 Å². The Kier molecular flexibility index (Phi) is 5.00. The monoisotopic (exact) mass is 352 g/mol. The van der Waals surface area contributed by atoms with E-state index >= 15 is 0 Å². The van der Waals surface area contributed by atoms with Crippen LogP contribution in [0.2, 0.25) is 0 Å². The number of amides is 1. The molecule has 1 aliphatic rings. The van der Waals surface area contributed by atoms with E-state index in [1.54, 1.807) is 11.8 Å². The Bertz CT molecular complexity index is 792. The third kappa shape index (κ3) is 3.96. The number of carbonyl (C=O) groups is 1. The molecule has 0 aliphatic carbocycles. The van der Waals surface area contributed by atoms with Gasteiger partial charge in [-0.15, -0.1) is 0 Å². The summed E-state index contributed by atoms with van der Waals surface area (Å²) < 4.78 is 0. The van der Waals surface area contributed by atoms with E-state index in [9.17, 15) is 4.79 Å². The van der Waals surface area contributed by atoms with E-state index in [4.69, 9.17) is 4.99 Å². The molecule has 3 nitrogen and oxygen atoms in total. The molecule has 0 N–H and O–H groups in total. The quantitative estimate of drug-likeness (QED) is 0.793. The predicted molar refractivity (Wildman–Crippen MR) is 106 cm³/mol. The average molecular weight is 353 g/mol. The Morgan fingerprint density at radius 1 is 1.12 bits per heavy atom. The van der Waals surface area contributed by atoms with Crippen molar-refractivity contribution in [1.29, 1.82) is 0 Å². The molecule has 4 heteroatoms. The van der Waals surface area contributed by atoms with Crippen molar-refractivity contribution in [3.05, 3.63) is 70.8 Å². The summed E-state index contributed by atoms with van der Waals surface area (Å²) in [6, 6.07) is 16.2. The number of nitrogens with zero attached hydrogens (tertiary/aromatic N) is 2. The van der Waals surface area contributed by atoms with Crippen LogP contribution in [0.4, 0.5) is 0 Å². The van der Waals surface area contributed by atoms with E-state index in [0.29, 0.717) is 6.54 Å². The predicted octanol–water partition coefficient (Wildman–Crippen LogP) is 4.83. The molecule has 0 saturated carbocycles. The van der Waals surface area contributed by atoms with Crippen molar-refractivity contribution >= 4 is 22.8 Å². The van der Waals surface area contributed by atoms with Crippen LogP contribution < -0.4 is 0 Å². The number of benzene rings is 2. The highest BCUT2D eigenvalue weighted by Gasteiger charge is 2.41. The van der Waals surface area contributed by atoms with Crippen molar-refractivity contribution in [3.63, 3.8) is 0 Å². The first-order valence-corrected chi connectivity index (χ1v) is 9.49. The van der Waals surface area contributed by atoms with Crippen molar-refractivity contribution in [2.75, 3.05) is 5.75 Å². The van der Waals surface area contributed by atoms with Crippen LogP contribution in [0.3, 0.4) is 0 Å². The lowest BCUT2D eigenvalue weighted by Crippen LogP contribution is -2.46. The smallest absolute Gasteiger partial charge is 0.260 e. The minimum absolute atomic E-state index is 0.0358. The molecule has 1 aliphatic heterocycles. The van der Waals surface area contributed by atoms with Crippen molar-refractivity contribution in [2.45, 2.75) is 39.8 Å². The fraction of sp³-hybridized carbons (Fsp3) is 0.333. The molecular weight excluding hydrogens is 328 g/mol. The molecule has 3 rings (SSSR count). The van der Waals surface area contributed by atoms with Gasteiger partial charge in [0.1, 0.15) is 0 Å². The number of aliphatic imine (C=N–C) groups is 1. The minimum atomic E-state index is -0.241. The maximum atomic E-state index is 13.2. The second-order valence-electron chi connectivity index (χ2n) is 7.20. The van der Waals surface area contributed by atoms with E-state index in [2.05, 4.69) is 32.0 Å². The molecule has 0 bridgehead atoms. The van der Waals surface area contributed by atoms with Crippen molar-refractivity contribution in [3.8, 4) is 0 Å². The minimum Gasteiger partial charge on any atom is -0.281 e. The second-order valence-corrected chi connectivity index (χ2v) is 8.14. The van der Waals surface area contributed by atoms with Gasteiger partial charge < -0.3 is 0 Å². The number of rotatable bonds is 3. The van der Waals surface area contributed by atoms with Crippen LogP contribution in [-0.2, 0) is 6.54 Å². The summed E-state index contributed by atoms with van der Waals surface area (Å²) in [4.78, 5) is 19.8. The van der Waals surface area contributed by atoms with Gasteiger partial charge in [0.15, 0.2) is 5.17 Å². The van der Waals surface area contributed by atoms with Gasteiger partial charge in [-0.2, -0.15) is 0 Å². The molecule has 2 aromatic rings. The fourth-order valence-electron chi connectivity index (χ4n) is 3.08. The van der Waals surface area contributed by atoms with Crippen molar-refractivity contribution in [1.82, 2.24) is 4.90 Å². The third-order valence-corrected chi connectivity index (χ3v) is 5.68. The van der Waals surface area contributed by atoms with Gasteiger partial charge in [-0.05, 0) is 45.4 Å². The van der Waals surface area contributed by atoms with Gasteiger partial charge in [0.2, 0.25) is 0 Å². The molecule has 130 valence electrons. The SMILES string of the molecule is Cc1cc(C)cc(C(=O)N2C(=NCc3ccccc3)SCC2(C)C)c1. The third-order valence-electron chi connectivity index (χ3n) is 4.26. The number of amidine groups is 1. The van der Waals surface area contributed by atoms with Crippen LogP contribution in [0.1, 0.15) is 40.9 Å². The lowest BCUT2D eigenvalue weighted by atomic mass is 10.0. The van der Waals surface area contributed by atoms with Gasteiger partial charge in [0.05, 0.1) is 12.1 Å². The van der Waals surface area contributed by atoms with E-state index in [0.717, 1.165) is 33.2 Å². The molecule has 1 saturated heterocycles. The Labute approximate surface area is 154 Å². The molecule has 0 spiro atoms. The van der Waals surface area contributed by atoms with E-state index in [1.165, 1.54) is 0 Å². The average Bonchev–Trinajstić information content (AvgIpc) is 2.87. The Balaban J connectivity index is 1.90. The maximum Gasteiger partial charge on any atom is 0.260 e. The maximum absolute atomic E-state index is 13.2. The summed E-state index contributed by atoms with van der Waals surface area (Å²) in [5.74, 6) is 0.894. The zero-order valence-electron chi connectivity index (χ0n) is 15.2. The zero-order valence-corrected chi connectivity index (χ0v) is 16.1. The first kappa shape index (κ1) is 17.7. The van der Waals surface area contributed by atoms with Gasteiger partial charge in [0, 0.05) is 11.3 Å². The number of hydrogen-bond donors (Lipinski definition) is 0. The molecule has 25 heavy (non-hydrogen) atoms. The first-order chi connectivity index (χ1) is 11.9. The number of hydrogen-bond acceptors (Lipinski definition) is 3. The highest BCUT2D eigenvalue weighted by molar-refractivity contribution is 8.14. The number of carbonyl (C=O) groups excluding carboxylic acids is 1. The van der Waals surface area contributed by atoms with E-state index < -0.39 is 0 Å². The largest absolute Gasteiger partial charge is 0.281 e. The van der Waals surface area contributed by atoms with Gasteiger partial charge in [-0.1, -0.05) is 59.3 Å². The summed E-state index contributed by atoms with van der Waals surface area (Å²) in [7, 11) is 0. The van der Waals surface area contributed by atoms with Crippen LogP contribution in [0.25, 0.3) is 0 Å². The highest BCUT2D eigenvalue weighted by atomic mass is 32.2. The van der Waals surface area contributed by atoms with Gasteiger partial charge in [-0.3, -0.25) is 14.7 Å². The normalized spacial score (nSPS) is 17.9. The van der Waals surface area contributed by atoms with Crippen LogP contribution in [0.15, 0.2) is 53.5 Å². The lowest BCUT2D eigenvalue weighted by Gasteiger charge is -2.30. The fourth-order valence-corrected chi connectivity index (χ4v) is 4.30. The molecule has 1 fully saturated rings. The summed E-state index contributed by atoms with van der Waals surface area (Å²) >= 11 is 1.66. The second kappa shape index (κ2) is 7.04. The van der Waals surface area contributed by atoms with E-state index in [-0.39, 0.29) is 11.4 Å². The molecule has 1 amide bonds. The van der Waals surface area contributed by atoms with Gasteiger partial charge >= 0.3 is 0 Å². The van der Waals surface area contributed by atoms with E-state index in [1.807, 2.05) is 49.1 Å². The highest BCUT2D eigenvalue weighted by Crippen LogP contribution is 2.34. The zero-order chi connectivity index (χ0) is 18.0. The van der Waals surface area contributed by atoms with Crippen molar-refractivity contribution in [2.24, 2.45) is 4.99 Å². The van der Waals surface area contributed by atoms with Crippen LogP contribution in [0, 0.1) is 13.8 Å².